The molecule has 0 saturated carbocycles. The van der Waals surface area contributed by atoms with E-state index in [-0.39, 0.29) is 19.4 Å². The molecular weight excluding hydrogens is 409 g/mol. The van der Waals surface area contributed by atoms with Crippen LogP contribution in [0.1, 0.15) is 58.8 Å². The summed E-state index contributed by atoms with van der Waals surface area (Å²) in [5.41, 5.74) is 5.18. The third-order valence-corrected chi connectivity index (χ3v) is 4.61. The van der Waals surface area contributed by atoms with Crippen molar-refractivity contribution in [1.82, 2.24) is 0 Å². The molecule has 4 N–H and O–H groups in total. The van der Waals surface area contributed by atoms with Crippen LogP contribution < -0.4 is 5.73 Å². The van der Waals surface area contributed by atoms with Gasteiger partial charge in [0.25, 0.3) is 0 Å². The molecule has 0 bridgehead atoms. The molecule has 0 aromatic heterocycles. The Kier molecular flexibility index (Phi) is 14.5. The Bertz CT molecular complexity index is 556. The Labute approximate surface area is 170 Å². The number of esters is 2. The lowest BCUT2D eigenvalue weighted by Crippen LogP contribution is -2.34. The van der Waals surface area contributed by atoms with E-state index >= 15 is 0 Å². The van der Waals surface area contributed by atoms with E-state index in [1.54, 1.807) is 6.92 Å². The van der Waals surface area contributed by atoms with Gasteiger partial charge in [-0.2, -0.15) is 0 Å². The highest BCUT2D eigenvalue weighted by molar-refractivity contribution is 7.47. The number of carboxylic acid groups (broad SMARTS) is 1. The van der Waals surface area contributed by atoms with Gasteiger partial charge >= 0.3 is 25.7 Å². The van der Waals surface area contributed by atoms with Crippen LogP contribution >= 0.6 is 7.82 Å². The summed E-state index contributed by atoms with van der Waals surface area (Å²) in [5.74, 6) is -2.51. The number of unbranched alkanes of at least 4 members (excludes halogenated alkanes) is 4. The van der Waals surface area contributed by atoms with Crippen molar-refractivity contribution < 1.29 is 47.5 Å². The number of carbonyl (C=O) groups is 3. The van der Waals surface area contributed by atoms with E-state index < -0.39 is 51.1 Å². The quantitative estimate of drug-likeness (QED) is 0.170. The largest absolute Gasteiger partial charge is 0.480 e. The highest BCUT2D eigenvalue weighted by Gasteiger charge is 2.27. The van der Waals surface area contributed by atoms with Crippen LogP contribution in [0.5, 0.6) is 0 Å². The average Bonchev–Trinajstić information content (AvgIpc) is 2.67. The van der Waals surface area contributed by atoms with Crippen molar-refractivity contribution in [3.63, 3.8) is 0 Å². The minimum absolute atomic E-state index is 0.105. The summed E-state index contributed by atoms with van der Waals surface area (Å²) in [5, 5.41) is 8.64. The molecule has 0 aliphatic heterocycles. The first kappa shape index (κ1) is 27.5. The molecule has 0 aromatic rings. The maximum absolute atomic E-state index is 12.0. The van der Waals surface area contributed by atoms with Gasteiger partial charge in [0.1, 0.15) is 12.6 Å². The number of carboxylic acids is 1. The van der Waals surface area contributed by atoms with Crippen molar-refractivity contribution in [2.75, 3.05) is 19.8 Å². The van der Waals surface area contributed by atoms with Crippen LogP contribution in [0.15, 0.2) is 0 Å². The molecule has 3 atom stereocenters. The topological polar surface area (TPSA) is 172 Å². The Morgan fingerprint density at radius 3 is 2.17 bits per heavy atom. The van der Waals surface area contributed by atoms with Crippen LogP contribution in [0, 0.1) is 0 Å². The molecule has 0 saturated heterocycles. The fourth-order valence-electron chi connectivity index (χ4n) is 1.98. The first-order valence-electron chi connectivity index (χ1n) is 9.56. The molecular formula is C17H32NO10P. The zero-order chi connectivity index (χ0) is 22.3. The van der Waals surface area contributed by atoms with Gasteiger partial charge in [-0.15, -0.1) is 0 Å². The standard InChI is InChI=1S/C17H32NO10P/c1-3-5-6-7-8-9-16(20)28-13(10-25-15(19)4-2)11-26-29(23,24)27-12-14(18)17(21)22/h13-14H,3-12,18H2,1-2H3,(H,21,22)(H,23,24). The van der Waals surface area contributed by atoms with E-state index in [9.17, 15) is 23.8 Å². The molecule has 0 radical (unpaired) electrons. The molecule has 0 aliphatic rings. The summed E-state index contributed by atoms with van der Waals surface area (Å²) in [4.78, 5) is 43.5. The molecule has 12 heteroatoms. The van der Waals surface area contributed by atoms with Crippen LogP contribution in [0.2, 0.25) is 0 Å². The maximum Gasteiger partial charge on any atom is 0.472 e. The first-order chi connectivity index (χ1) is 13.6. The molecule has 170 valence electrons. The number of hydrogen-bond donors (Lipinski definition) is 3. The van der Waals surface area contributed by atoms with E-state index in [1.165, 1.54) is 0 Å². The lowest BCUT2D eigenvalue weighted by atomic mass is 10.1. The fraction of sp³-hybridized carbons (Fsp3) is 0.824. The van der Waals surface area contributed by atoms with Crippen molar-refractivity contribution in [3.8, 4) is 0 Å². The van der Waals surface area contributed by atoms with E-state index in [2.05, 4.69) is 11.4 Å². The van der Waals surface area contributed by atoms with Gasteiger partial charge in [-0.3, -0.25) is 23.4 Å². The van der Waals surface area contributed by atoms with Gasteiger partial charge in [-0.1, -0.05) is 39.5 Å². The number of hydrogen-bond acceptors (Lipinski definition) is 9. The second-order valence-corrected chi connectivity index (χ2v) is 7.77. The molecule has 3 unspecified atom stereocenters. The van der Waals surface area contributed by atoms with Crippen molar-refractivity contribution >= 4 is 25.7 Å². The maximum atomic E-state index is 12.0. The van der Waals surface area contributed by atoms with Gasteiger partial charge in [-0.25, -0.2) is 4.57 Å². The lowest BCUT2D eigenvalue weighted by Gasteiger charge is -2.20. The molecule has 0 aliphatic carbocycles. The minimum Gasteiger partial charge on any atom is -0.480 e. The van der Waals surface area contributed by atoms with Crippen molar-refractivity contribution in [2.45, 2.75) is 70.9 Å². The summed E-state index contributed by atoms with van der Waals surface area (Å²) in [6.07, 6.45) is 3.81. The summed E-state index contributed by atoms with van der Waals surface area (Å²) < 4.78 is 31.1. The number of nitrogens with two attached hydrogens (primary N) is 1. The predicted octanol–water partition coefficient (Wildman–Crippen LogP) is 1.76. The minimum atomic E-state index is -4.65. The number of carbonyl (C=O) groups excluding carboxylic acids is 2. The Morgan fingerprint density at radius 1 is 0.966 bits per heavy atom. The van der Waals surface area contributed by atoms with Crippen LogP contribution in [-0.4, -0.2) is 59.9 Å². The van der Waals surface area contributed by atoms with Gasteiger partial charge in [0.15, 0.2) is 6.10 Å². The molecule has 11 nitrogen and oxygen atoms in total. The molecule has 29 heavy (non-hydrogen) atoms. The number of rotatable bonds is 17. The smallest absolute Gasteiger partial charge is 0.472 e. The summed E-state index contributed by atoms with van der Waals surface area (Å²) in [7, 11) is -4.65. The zero-order valence-corrected chi connectivity index (χ0v) is 17.8. The van der Waals surface area contributed by atoms with Crippen LogP contribution in [-0.2, 0) is 37.5 Å². The van der Waals surface area contributed by atoms with Crippen molar-refractivity contribution in [1.29, 1.82) is 0 Å². The lowest BCUT2D eigenvalue weighted by molar-refractivity contribution is -0.161. The highest BCUT2D eigenvalue weighted by Crippen LogP contribution is 2.43. The number of phosphoric ester groups is 1. The molecule has 0 spiro atoms. The fourth-order valence-corrected chi connectivity index (χ4v) is 2.76. The summed E-state index contributed by atoms with van der Waals surface area (Å²) in [6.45, 7) is 1.96. The van der Waals surface area contributed by atoms with Gasteiger partial charge in [0, 0.05) is 12.8 Å². The van der Waals surface area contributed by atoms with Crippen molar-refractivity contribution in [2.24, 2.45) is 5.73 Å². The third kappa shape index (κ3) is 15.0. The van der Waals surface area contributed by atoms with E-state index in [0.29, 0.717) is 6.42 Å². The number of ether oxygens (including phenoxy) is 2. The van der Waals surface area contributed by atoms with Gasteiger partial charge < -0.3 is 25.2 Å². The molecule has 0 rings (SSSR count). The zero-order valence-electron chi connectivity index (χ0n) is 16.9. The van der Waals surface area contributed by atoms with Crippen LogP contribution in [0.3, 0.4) is 0 Å². The average molecular weight is 441 g/mol. The third-order valence-electron chi connectivity index (χ3n) is 3.66. The Hall–Kier alpha value is -1.52. The molecule has 0 fully saturated rings. The highest BCUT2D eigenvalue weighted by atomic mass is 31.2. The SMILES string of the molecule is CCCCCCCC(=O)OC(COC(=O)CC)COP(=O)(O)OCC(N)C(=O)O. The normalized spacial score (nSPS) is 15.2. The molecule has 0 amide bonds. The first-order valence-corrected chi connectivity index (χ1v) is 11.1. The Balaban J connectivity index is 4.58. The second-order valence-electron chi connectivity index (χ2n) is 6.32. The van der Waals surface area contributed by atoms with Crippen LogP contribution in [0.4, 0.5) is 0 Å². The summed E-state index contributed by atoms with van der Waals surface area (Å²) in [6, 6.07) is -1.51. The Morgan fingerprint density at radius 2 is 1.59 bits per heavy atom. The van der Waals surface area contributed by atoms with Gasteiger partial charge in [0.2, 0.25) is 0 Å². The molecule has 0 heterocycles. The monoisotopic (exact) mass is 441 g/mol. The molecule has 0 aromatic carbocycles. The van der Waals surface area contributed by atoms with E-state index in [4.69, 9.17) is 24.8 Å². The van der Waals surface area contributed by atoms with E-state index in [1.807, 2.05) is 0 Å². The van der Waals surface area contributed by atoms with Crippen LogP contribution in [0.25, 0.3) is 0 Å². The van der Waals surface area contributed by atoms with Crippen molar-refractivity contribution in [3.05, 3.63) is 0 Å². The second kappa shape index (κ2) is 15.3. The van der Waals surface area contributed by atoms with Gasteiger partial charge in [-0.05, 0) is 6.42 Å². The predicted molar refractivity (Wildman–Crippen MR) is 102 cm³/mol. The van der Waals surface area contributed by atoms with E-state index in [0.717, 1.165) is 25.7 Å². The summed E-state index contributed by atoms with van der Waals surface area (Å²) >= 11 is 0. The number of phosphoric acid groups is 1. The van der Waals surface area contributed by atoms with Gasteiger partial charge in [0.05, 0.1) is 13.2 Å². The number of aliphatic carboxylic acids is 1.